The zero-order valence-electron chi connectivity index (χ0n) is 8.55. The van der Waals surface area contributed by atoms with Crippen LogP contribution in [0.5, 0.6) is 0 Å². The molecule has 1 aliphatic carbocycles. The Bertz CT molecular complexity index is 324. The molecule has 0 radical (unpaired) electrons. The number of Topliss-reactive ketones (excluding diaryl/α,β-unsaturated/α-hetero) is 1. The lowest BCUT2D eigenvalue weighted by Gasteiger charge is -2.19. The molecule has 0 amide bonds. The van der Waals surface area contributed by atoms with Gasteiger partial charge in [0.05, 0.1) is 5.69 Å². The standard InChI is InChI=1S/C11H16N2O/c1-8(14)11-12-7-10(13-11)9-5-3-2-4-6-9/h7,9H,2-6H2,1H3,(H,12,13). The number of H-pyrrole nitrogens is 1. The smallest absolute Gasteiger partial charge is 0.194 e. The SMILES string of the molecule is CC(=O)c1nc(C2CCCCC2)c[nH]1. The third-order valence-electron chi connectivity index (χ3n) is 2.95. The third kappa shape index (κ3) is 1.86. The maximum atomic E-state index is 11.0. The number of nitrogens with one attached hydrogen (secondary N) is 1. The fourth-order valence-corrected chi connectivity index (χ4v) is 2.12. The van der Waals surface area contributed by atoms with Crippen LogP contribution in [0.25, 0.3) is 0 Å². The molecule has 1 heterocycles. The van der Waals surface area contributed by atoms with Gasteiger partial charge in [-0.25, -0.2) is 4.98 Å². The summed E-state index contributed by atoms with van der Waals surface area (Å²) < 4.78 is 0. The number of carbonyl (C=O) groups is 1. The molecule has 1 aromatic heterocycles. The van der Waals surface area contributed by atoms with Crippen molar-refractivity contribution in [2.45, 2.75) is 44.9 Å². The van der Waals surface area contributed by atoms with Crippen molar-refractivity contribution in [3.8, 4) is 0 Å². The van der Waals surface area contributed by atoms with Crippen LogP contribution in [0.15, 0.2) is 6.20 Å². The van der Waals surface area contributed by atoms with Crippen molar-refractivity contribution in [2.75, 3.05) is 0 Å². The molecule has 3 nitrogen and oxygen atoms in total. The molecule has 0 saturated heterocycles. The highest BCUT2D eigenvalue weighted by Crippen LogP contribution is 2.31. The van der Waals surface area contributed by atoms with E-state index in [1.54, 1.807) is 6.92 Å². The predicted octanol–water partition coefficient (Wildman–Crippen LogP) is 2.66. The molecule has 2 rings (SSSR count). The molecular formula is C11H16N2O. The van der Waals surface area contributed by atoms with Crippen LogP contribution in [0.3, 0.4) is 0 Å². The van der Waals surface area contributed by atoms with E-state index < -0.39 is 0 Å². The second-order valence-corrected chi connectivity index (χ2v) is 4.07. The summed E-state index contributed by atoms with van der Waals surface area (Å²) in [6.45, 7) is 1.55. The van der Waals surface area contributed by atoms with Crippen LogP contribution in [-0.4, -0.2) is 15.8 Å². The van der Waals surface area contributed by atoms with Crippen molar-refractivity contribution in [3.63, 3.8) is 0 Å². The molecule has 0 aromatic carbocycles. The summed E-state index contributed by atoms with van der Waals surface area (Å²) in [7, 11) is 0. The van der Waals surface area contributed by atoms with Crippen molar-refractivity contribution in [2.24, 2.45) is 0 Å². The first-order chi connectivity index (χ1) is 6.77. The monoisotopic (exact) mass is 192 g/mol. The van der Waals surface area contributed by atoms with Crippen molar-refractivity contribution < 1.29 is 4.79 Å². The van der Waals surface area contributed by atoms with E-state index in [1.807, 2.05) is 6.20 Å². The number of imidazole rings is 1. The molecule has 0 atom stereocenters. The van der Waals surface area contributed by atoms with E-state index in [-0.39, 0.29) is 5.78 Å². The lowest BCUT2D eigenvalue weighted by molar-refractivity contribution is 0.100. The minimum atomic E-state index is 0.0204. The predicted molar refractivity (Wildman–Crippen MR) is 54.4 cm³/mol. The normalized spacial score (nSPS) is 18.4. The van der Waals surface area contributed by atoms with Crippen molar-refractivity contribution >= 4 is 5.78 Å². The van der Waals surface area contributed by atoms with Gasteiger partial charge < -0.3 is 4.98 Å². The van der Waals surface area contributed by atoms with Gasteiger partial charge >= 0.3 is 0 Å². The second-order valence-electron chi connectivity index (χ2n) is 4.07. The van der Waals surface area contributed by atoms with Crippen LogP contribution in [0.2, 0.25) is 0 Å². The first-order valence-corrected chi connectivity index (χ1v) is 5.33. The van der Waals surface area contributed by atoms with Crippen LogP contribution in [0.1, 0.15) is 61.3 Å². The summed E-state index contributed by atoms with van der Waals surface area (Å²) in [4.78, 5) is 18.3. The molecule has 1 aromatic rings. The molecule has 0 spiro atoms. The number of aromatic amines is 1. The molecule has 14 heavy (non-hydrogen) atoms. The van der Waals surface area contributed by atoms with E-state index in [4.69, 9.17) is 0 Å². The van der Waals surface area contributed by atoms with Gasteiger partial charge in [0, 0.05) is 19.0 Å². The number of nitrogens with zero attached hydrogens (tertiary/aromatic N) is 1. The second kappa shape index (κ2) is 3.95. The van der Waals surface area contributed by atoms with Crippen LogP contribution < -0.4 is 0 Å². The van der Waals surface area contributed by atoms with E-state index >= 15 is 0 Å². The summed E-state index contributed by atoms with van der Waals surface area (Å²) in [5, 5.41) is 0. The third-order valence-corrected chi connectivity index (χ3v) is 2.95. The minimum Gasteiger partial charge on any atom is -0.342 e. The topological polar surface area (TPSA) is 45.8 Å². The van der Waals surface area contributed by atoms with Gasteiger partial charge in [0.2, 0.25) is 0 Å². The Morgan fingerprint density at radius 2 is 2.14 bits per heavy atom. The Kier molecular flexibility index (Phi) is 2.66. The van der Waals surface area contributed by atoms with Crippen LogP contribution in [-0.2, 0) is 0 Å². The van der Waals surface area contributed by atoms with E-state index in [9.17, 15) is 4.79 Å². The highest BCUT2D eigenvalue weighted by atomic mass is 16.1. The zero-order valence-corrected chi connectivity index (χ0v) is 8.55. The van der Waals surface area contributed by atoms with Crippen LogP contribution in [0, 0.1) is 0 Å². The van der Waals surface area contributed by atoms with E-state index in [2.05, 4.69) is 9.97 Å². The van der Waals surface area contributed by atoms with Gasteiger partial charge in [0.25, 0.3) is 0 Å². The van der Waals surface area contributed by atoms with Crippen molar-refractivity contribution in [3.05, 3.63) is 17.7 Å². The number of carbonyl (C=O) groups excluding carboxylic acids is 1. The fourth-order valence-electron chi connectivity index (χ4n) is 2.12. The van der Waals surface area contributed by atoms with Gasteiger partial charge in [0.1, 0.15) is 0 Å². The summed E-state index contributed by atoms with van der Waals surface area (Å²) in [5.74, 6) is 1.10. The van der Waals surface area contributed by atoms with Crippen molar-refractivity contribution in [1.82, 2.24) is 9.97 Å². The maximum absolute atomic E-state index is 11.0. The Labute approximate surface area is 83.9 Å². The largest absolute Gasteiger partial charge is 0.342 e. The van der Waals surface area contributed by atoms with Gasteiger partial charge in [-0.1, -0.05) is 19.3 Å². The van der Waals surface area contributed by atoms with Crippen LogP contribution in [0.4, 0.5) is 0 Å². The maximum Gasteiger partial charge on any atom is 0.194 e. The van der Waals surface area contributed by atoms with E-state index in [1.165, 1.54) is 32.1 Å². The lowest BCUT2D eigenvalue weighted by Crippen LogP contribution is -2.05. The van der Waals surface area contributed by atoms with Gasteiger partial charge in [-0.05, 0) is 12.8 Å². The van der Waals surface area contributed by atoms with E-state index in [0.29, 0.717) is 11.7 Å². The quantitative estimate of drug-likeness (QED) is 0.732. The Morgan fingerprint density at radius 3 is 2.71 bits per heavy atom. The molecule has 1 N–H and O–H groups in total. The molecule has 1 fully saturated rings. The summed E-state index contributed by atoms with van der Waals surface area (Å²) in [6.07, 6.45) is 8.29. The first-order valence-electron chi connectivity index (χ1n) is 5.33. The molecule has 3 heteroatoms. The number of rotatable bonds is 2. The van der Waals surface area contributed by atoms with Gasteiger partial charge in [-0.15, -0.1) is 0 Å². The first kappa shape index (κ1) is 9.44. The molecular weight excluding hydrogens is 176 g/mol. The average molecular weight is 192 g/mol. The highest BCUT2D eigenvalue weighted by molar-refractivity contribution is 5.90. The zero-order chi connectivity index (χ0) is 9.97. The molecule has 0 bridgehead atoms. The summed E-state index contributed by atoms with van der Waals surface area (Å²) in [5.41, 5.74) is 1.08. The average Bonchev–Trinajstić information content (AvgIpc) is 2.68. The molecule has 1 saturated carbocycles. The van der Waals surface area contributed by atoms with Gasteiger partial charge in [0.15, 0.2) is 11.6 Å². The highest BCUT2D eigenvalue weighted by Gasteiger charge is 2.18. The number of ketones is 1. The molecule has 76 valence electrons. The number of hydrogen-bond acceptors (Lipinski definition) is 2. The summed E-state index contributed by atoms with van der Waals surface area (Å²) >= 11 is 0. The summed E-state index contributed by atoms with van der Waals surface area (Å²) in [6, 6.07) is 0. The lowest BCUT2D eigenvalue weighted by atomic mass is 9.87. The van der Waals surface area contributed by atoms with Gasteiger partial charge in [-0.3, -0.25) is 4.79 Å². The molecule has 0 aliphatic heterocycles. The fraction of sp³-hybridized carbons (Fsp3) is 0.636. The number of hydrogen-bond donors (Lipinski definition) is 1. The minimum absolute atomic E-state index is 0.0204. The van der Waals surface area contributed by atoms with Crippen LogP contribution >= 0.6 is 0 Å². The Morgan fingerprint density at radius 1 is 1.43 bits per heavy atom. The van der Waals surface area contributed by atoms with Crippen molar-refractivity contribution in [1.29, 1.82) is 0 Å². The Hall–Kier alpha value is -1.12. The number of aromatic nitrogens is 2. The molecule has 0 unspecified atom stereocenters. The molecule has 1 aliphatic rings. The van der Waals surface area contributed by atoms with Gasteiger partial charge in [-0.2, -0.15) is 0 Å². The van der Waals surface area contributed by atoms with E-state index in [0.717, 1.165) is 5.69 Å². The Balaban J connectivity index is 2.11.